The quantitative estimate of drug-likeness (QED) is 0.893. The van der Waals surface area contributed by atoms with Gasteiger partial charge in [0.25, 0.3) is 0 Å². The van der Waals surface area contributed by atoms with Crippen molar-refractivity contribution in [1.29, 1.82) is 0 Å². The Morgan fingerprint density at radius 1 is 1.32 bits per heavy atom. The SMILES string of the molecule is COc1cc2c(c(-c3cc(N)no3)c1F)OCCO2. The number of nitrogens with zero attached hydrogens (tertiary/aromatic N) is 1. The number of methoxy groups -OCH3 is 1. The zero-order valence-corrected chi connectivity index (χ0v) is 10.1. The van der Waals surface area contributed by atoms with Gasteiger partial charge in [0.1, 0.15) is 18.8 Å². The molecule has 0 fully saturated rings. The monoisotopic (exact) mass is 266 g/mol. The van der Waals surface area contributed by atoms with Crippen LogP contribution >= 0.6 is 0 Å². The summed E-state index contributed by atoms with van der Waals surface area (Å²) >= 11 is 0. The molecule has 0 unspecified atom stereocenters. The Bertz CT molecular complexity index is 626. The maximum absolute atomic E-state index is 14.4. The minimum atomic E-state index is -0.608. The molecule has 2 heterocycles. The van der Waals surface area contributed by atoms with E-state index >= 15 is 0 Å². The Morgan fingerprint density at radius 2 is 2.11 bits per heavy atom. The Morgan fingerprint density at radius 3 is 2.79 bits per heavy atom. The van der Waals surface area contributed by atoms with Crippen LogP contribution in [0, 0.1) is 5.82 Å². The van der Waals surface area contributed by atoms with E-state index in [0.29, 0.717) is 19.0 Å². The molecule has 2 aromatic rings. The number of fused-ring (bicyclic) bond motifs is 1. The minimum Gasteiger partial charge on any atom is -0.494 e. The van der Waals surface area contributed by atoms with Gasteiger partial charge >= 0.3 is 0 Å². The maximum atomic E-state index is 14.4. The van der Waals surface area contributed by atoms with Gasteiger partial charge in [-0.3, -0.25) is 0 Å². The van der Waals surface area contributed by atoms with Crippen molar-refractivity contribution in [1.82, 2.24) is 5.16 Å². The molecule has 1 aromatic heterocycles. The van der Waals surface area contributed by atoms with Crippen LogP contribution in [0.3, 0.4) is 0 Å². The van der Waals surface area contributed by atoms with E-state index in [2.05, 4.69) is 5.16 Å². The molecule has 7 heteroatoms. The lowest BCUT2D eigenvalue weighted by atomic mass is 10.1. The fourth-order valence-electron chi connectivity index (χ4n) is 1.92. The van der Waals surface area contributed by atoms with Crippen LogP contribution < -0.4 is 19.9 Å². The third-order valence-electron chi connectivity index (χ3n) is 2.73. The summed E-state index contributed by atoms with van der Waals surface area (Å²) < 4.78 is 35.2. The van der Waals surface area contributed by atoms with Gasteiger partial charge in [0.2, 0.25) is 0 Å². The molecule has 100 valence electrons. The smallest absolute Gasteiger partial charge is 0.180 e. The predicted octanol–water partition coefficient (Wildman–Crippen LogP) is 1.84. The number of hydrogen-bond donors (Lipinski definition) is 1. The molecule has 6 nitrogen and oxygen atoms in total. The van der Waals surface area contributed by atoms with Crippen molar-refractivity contribution < 1.29 is 23.1 Å². The molecule has 0 spiro atoms. The number of anilines is 1. The normalized spacial score (nSPS) is 13.4. The molecule has 2 N–H and O–H groups in total. The van der Waals surface area contributed by atoms with Gasteiger partial charge in [-0.05, 0) is 0 Å². The molecule has 0 bridgehead atoms. The van der Waals surface area contributed by atoms with Gasteiger partial charge in [-0.2, -0.15) is 0 Å². The van der Waals surface area contributed by atoms with E-state index in [1.54, 1.807) is 0 Å². The van der Waals surface area contributed by atoms with Gasteiger partial charge in [-0.15, -0.1) is 0 Å². The summed E-state index contributed by atoms with van der Waals surface area (Å²) in [6.45, 7) is 0.717. The first kappa shape index (κ1) is 11.6. The highest BCUT2D eigenvalue weighted by Crippen LogP contribution is 2.45. The molecular formula is C12H11FN2O4. The van der Waals surface area contributed by atoms with Gasteiger partial charge in [-0.25, -0.2) is 4.39 Å². The number of benzene rings is 1. The van der Waals surface area contributed by atoms with Gasteiger partial charge in [0, 0.05) is 12.1 Å². The molecule has 0 amide bonds. The average molecular weight is 266 g/mol. The van der Waals surface area contributed by atoms with Gasteiger partial charge in [-0.1, -0.05) is 5.16 Å². The van der Waals surface area contributed by atoms with Gasteiger partial charge < -0.3 is 24.5 Å². The van der Waals surface area contributed by atoms with Crippen LogP contribution in [-0.2, 0) is 0 Å². The average Bonchev–Trinajstić information content (AvgIpc) is 2.84. The molecule has 0 saturated heterocycles. The summed E-state index contributed by atoms with van der Waals surface area (Å²) in [5, 5.41) is 3.54. The second-order valence-electron chi connectivity index (χ2n) is 3.91. The lowest BCUT2D eigenvalue weighted by Crippen LogP contribution is -2.16. The van der Waals surface area contributed by atoms with E-state index in [1.165, 1.54) is 19.2 Å². The minimum absolute atomic E-state index is 0.0363. The zero-order chi connectivity index (χ0) is 13.4. The summed E-state index contributed by atoms with van der Waals surface area (Å²) in [7, 11) is 1.37. The van der Waals surface area contributed by atoms with Gasteiger partial charge in [0.15, 0.2) is 34.6 Å². The number of nitrogen functional groups attached to an aromatic ring is 1. The standard InChI is InChI=1S/C12H11FN2O4/c1-16-7-4-8-12(18-3-2-17-8)10(11(7)13)6-5-9(14)15-19-6/h4-5H,2-3H2,1H3,(H2,14,15). The highest BCUT2D eigenvalue weighted by molar-refractivity contribution is 5.74. The first-order valence-electron chi connectivity index (χ1n) is 5.59. The van der Waals surface area contributed by atoms with Crippen LogP contribution in [0.25, 0.3) is 11.3 Å². The summed E-state index contributed by atoms with van der Waals surface area (Å²) in [5.74, 6) is 0.408. The summed E-state index contributed by atoms with van der Waals surface area (Å²) in [6.07, 6.45) is 0. The fraction of sp³-hybridized carbons (Fsp3) is 0.250. The number of rotatable bonds is 2. The number of nitrogens with two attached hydrogens (primary N) is 1. The van der Waals surface area contributed by atoms with E-state index in [-0.39, 0.29) is 28.6 Å². The Labute approximate surface area is 107 Å². The van der Waals surface area contributed by atoms with E-state index in [1.807, 2.05) is 0 Å². The van der Waals surface area contributed by atoms with Crippen molar-refractivity contribution in [3.05, 3.63) is 17.9 Å². The molecule has 0 atom stereocenters. The lowest BCUT2D eigenvalue weighted by molar-refractivity contribution is 0.170. The summed E-state index contributed by atoms with van der Waals surface area (Å²) in [5.41, 5.74) is 5.58. The molecule has 1 aromatic carbocycles. The molecule has 1 aliphatic rings. The van der Waals surface area contributed by atoms with Crippen molar-refractivity contribution >= 4 is 5.82 Å². The van der Waals surface area contributed by atoms with E-state index in [4.69, 9.17) is 24.5 Å². The van der Waals surface area contributed by atoms with Crippen LogP contribution in [-0.4, -0.2) is 25.5 Å². The lowest BCUT2D eigenvalue weighted by Gasteiger charge is -2.21. The Balaban J connectivity index is 2.25. The Kier molecular flexibility index (Phi) is 2.66. The highest BCUT2D eigenvalue weighted by Gasteiger charge is 2.27. The molecule has 1 aliphatic heterocycles. The molecule has 19 heavy (non-hydrogen) atoms. The molecule has 3 rings (SSSR count). The molecule has 0 radical (unpaired) electrons. The van der Waals surface area contributed by atoms with E-state index in [9.17, 15) is 4.39 Å². The summed E-state index contributed by atoms with van der Waals surface area (Å²) in [6, 6.07) is 2.85. The summed E-state index contributed by atoms with van der Waals surface area (Å²) in [4.78, 5) is 0. The van der Waals surface area contributed by atoms with E-state index < -0.39 is 5.82 Å². The van der Waals surface area contributed by atoms with Crippen LogP contribution in [0.2, 0.25) is 0 Å². The van der Waals surface area contributed by atoms with Crippen LogP contribution in [0.1, 0.15) is 0 Å². The molecule has 0 aliphatic carbocycles. The van der Waals surface area contributed by atoms with Crippen molar-refractivity contribution in [2.45, 2.75) is 0 Å². The van der Waals surface area contributed by atoms with Crippen molar-refractivity contribution in [2.75, 3.05) is 26.1 Å². The number of halogens is 1. The van der Waals surface area contributed by atoms with Crippen LogP contribution in [0.4, 0.5) is 10.2 Å². The molecular weight excluding hydrogens is 255 g/mol. The second kappa shape index (κ2) is 4.34. The van der Waals surface area contributed by atoms with E-state index in [0.717, 1.165) is 0 Å². The largest absolute Gasteiger partial charge is 0.494 e. The number of hydrogen-bond acceptors (Lipinski definition) is 6. The van der Waals surface area contributed by atoms with Crippen LogP contribution in [0.5, 0.6) is 17.2 Å². The topological polar surface area (TPSA) is 79.7 Å². The zero-order valence-electron chi connectivity index (χ0n) is 10.1. The molecule has 0 saturated carbocycles. The maximum Gasteiger partial charge on any atom is 0.180 e. The number of aromatic nitrogens is 1. The fourth-order valence-corrected chi connectivity index (χ4v) is 1.92. The first-order chi connectivity index (χ1) is 9.20. The van der Waals surface area contributed by atoms with Crippen molar-refractivity contribution in [2.24, 2.45) is 0 Å². The third kappa shape index (κ3) is 1.83. The number of ether oxygens (including phenoxy) is 3. The highest BCUT2D eigenvalue weighted by atomic mass is 19.1. The Hall–Kier alpha value is -2.44. The first-order valence-corrected chi connectivity index (χ1v) is 5.59. The van der Waals surface area contributed by atoms with Crippen molar-refractivity contribution in [3.8, 4) is 28.6 Å². The third-order valence-corrected chi connectivity index (χ3v) is 2.73. The van der Waals surface area contributed by atoms with Crippen LogP contribution in [0.15, 0.2) is 16.7 Å². The van der Waals surface area contributed by atoms with Crippen molar-refractivity contribution in [3.63, 3.8) is 0 Å². The second-order valence-corrected chi connectivity index (χ2v) is 3.91. The van der Waals surface area contributed by atoms with Gasteiger partial charge in [0.05, 0.1) is 7.11 Å². The predicted molar refractivity (Wildman–Crippen MR) is 63.9 cm³/mol.